The van der Waals surface area contributed by atoms with Crippen molar-refractivity contribution in [2.75, 3.05) is 51.4 Å². The summed E-state index contributed by atoms with van der Waals surface area (Å²) in [6, 6.07) is 12.8. The van der Waals surface area contributed by atoms with Gasteiger partial charge in [0.25, 0.3) is 0 Å². The summed E-state index contributed by atoms with van der Waals surface area (Å²) >= 11 is 0. The van der Waals surface area contributed by atoms with Crippen molar-refractivity contribution in [1.82, 2.24) is 14.3 Å². The highest BCUT2D eigenvalue weighted by molar-refractivity contribution is 5.85. The Morgan fingerprint density at radius 3 is 2.83 bits per heavy atom. The molecule has 30 heavy (non-hydrogen) atoms. The Kier molecular flexibility index (Phi) is 5.30. The first-order valence-corrected chi connectivity index (χ1v) is 10.7. The Labute approximate surface area is 176 Å². The smallest absolute Gasteiger partial charge is 0.157 e. The van der Waals surface area contributed by atoms with Crippen LogP contribution in [0.3, 0.4) is 0 Å². The number of hydrogen-bond donors (Lipinski definition) is 1. The zero-order valence-corrected chi connectivity index (χ0v) is 17.3. The Bertz CT molecular complexity index is 1090. The molecule has 0 unspecified atom stereocenters. The Balaban J connectivity index is 1.51. The van der Waals surface area contributed by atoms with E-state index in [4.69, 9.17) is 14.5 Å². The van der Waals surface area contributed by atoms with E-state index in [-0.39, 0.29) is 0 Å². The van der Waals surface area contributed by atoms with E-state index < -0.39 is 0 Å². The number of nitrogens with one attached hydrogen (secondary N) is 1. The van der Waals surface area contributed by atoms with Gasteiger partial charge in [-0.05, 0) is 37.1 Å². The molecule has 4 heterocycles. The summed E-state index contributed by atoms with van der Waals surface area (Å²) in [5.74, 6) is 1.50. The predicted octanol–water partition coefficient (Wildman–Crippen LogP) is 2.82. The van der Waals surface area contributed by atoms with Gasteiger partial charge in [-0.3, -0.25) is 9.30 Å². The van der Waals surface area contributed by atoms with Crippen molar-refractivity contribution in [3.63, 3.8) is 0 Å². The van der Waals surface area contributed by atoms with Crippen LogP contribution < -0.4 is 5.32 Å². The number of para-hydroxylation sites is 2. The average Bonchev–Trinajstić information content (AvgIpc) is 3.43. The number of ether oxygens (including phenoxy) is 2. The highest BCUT2D eigenvalue weighted by Crippen LogP contribution is 2.28. The van der Waals surface area contributed by atoms with Crippen LogP contribution in [0.2, 0.25) is 0 Å². The lowest BCUT2D eigenvalue weighted by atomic mass is 9.97. The van der Waals surface area contributed by atoms with Crippen molar-refractivity contribution < 1.29 is 9.47 Å². The molecule has 2 saturated heterocycles. The summed E-state index contributed by atoms with van der Waals surface area (Å²) in [4.78, 5) is 7.29. The molecule has 0 aliphatic carbocycles. The van der Waals surface area contributed by atoms with E-state index in [2.05, 4.69) is 32.8 Å². The van der Waals surface area contributed by atoms with E-state index in [1.165, 1.54) is 0 Å². The van der Waals surface area contributed by atoms with Crippen LogP contribution in [-0.2, 0) is 9.47 Å². The summed E-state index contributed by atoms with van der Waals surface area (Å²) < 4.78 is 13.4. The first kappa shape index (κ1) is 19.3. The highest BCUT2D eigenvalue weighted by atomic mass is 16.5. The summed E-state index contributed by atoms with van der Waals surface area (Å²) in [6.45, 7) is 7.95. The minimum Gasteiger partial charge on any atom is -0.381 e. The molecule has 5 rings (SSSR count). The van der Waals surface area contributed by atoms with Crippen LogP contribution in [0.1, 0.15) is 17.5 Å². The molecule has 0 bridgehead atoms. The molecule has 0 saturated carbocycles. The van der Waals surface area contributed by atoms with Crippen molar-refractivity contribution in [2.45, 2.75) is 19.4 Å². The number of benzene rings is 1. The zero-order valence-electron chi connectivity index (χ0n) is 17.3. The van der Waals surface area contributed by atoms with Gasteiger partial charge in [0.15, 0.2) is 5.65 Å². The number of pyridine rings is 1. The summed E-state index contributed by atoms with van der Waals surface area (Å²) in [5.41, 5.74) is 4.20. The Hall–Kier alpha value is -2.66. The second-order valence-corrected chi connectivity index (χ2v) is 8.18. The van der Waals surface area contributed by atoms with Crippen molar-refractivity contribution >= 4 is 22.5 Å². The second-order valence-electron chi connectivity index (χ2n) is 8.18. The van der Waals surface area contributed by atoms with Gasteiger partial charge in [-0.1, -0.05) is 12.1 Å². The van der Waals surface area contributed by atoms with E-state index >= 15 is 0 Å². The van der Waals surface area contributed by atoms with Crippen molar-refractivity contribution in [1.29, 1.82) is 5.26 Å². The van der Waals surface area contributed by atoms with E-state index in [1.54, 1.807) is 0 Å². The van der Waals surface area contributed by atoms with E-state index in [0.29, 0.717) is 23.2 Å². The summed E-state index contributed by atoms with van der Waals surface area (Å²) in [6.07, 6.45) is 1.10. The molecule has 7 heteroatoms. The first-order valence-electron chi connectivity index (χ1n) is 10.7. The molecule has 0 radical (unpaired) electrons. The first-order chi connectivity index (χ1) is 14.8. The van der Waals surface area contributed by atoms with Gasteiger partial charge in [0, 0.05) is 38.2 Å². The number of rotatable bonds is 5. The van der Waals surface area contributed by atoms with Crippen LogP contribution in [0, 0.1) is 24.2 Å². The van der Waals surface area contributed by atoms with Gasteiger partial charge in [-0.15, -0.1) is 0 Å². The number of fused-ring (bicyclic) bond motifs is 3. The second kappa shape index (κ2) is 8.23. The monoisotopic (exact) mass is 405 g/mol. The van der Waals surface area contributed by atoms with Crippen LogP contribution in [0.4, 0.5) is 5.82 Å². The number of nitriles is 1. The van der Waals surface area contributed by atoms with E-state index in [9.17, 15) is 5.26 Å². The maximum Gasteiger partial charge on any atom is 0.157 e. The fourth-order valence-corrected chi connectivity index (χ4v) is 4.79. The number of morpholine rings is 1. The maximum atomic E-state index is 9.71. The lowest BCUT2D eigenvalue weighted by Crippen LogP contribution is -2.50. The maximum absolute atomic E-state index is 9.71. The third-order valence-corrected chi connectivity index (χ3v) is 6.40. The molecule has 2 fully saturated rings. The molecule has 7 nitrogen and oxygen atoms in total. The summed E-state index contributed by atoms with van der Waals surface area (Å²) in [7, 11) is 0. The van der Waals surface area contributed by atoms with Crippen LogP contribution in [0.5, 0.6) is 0 Å². The number of nitrogens with zero attached hydrogens (tertiary/aromatic N) is 4. The van der Waals surface area contributed by atoms with Crippen LogP contribution in [-0.4, -0.2) is 66.4 Å². The standard InChI is InChI=1S/C23H27N5O2/c1-16-12-22(28-20-5-3-2-4-19(20)26-23(28)18(16)13-24)25-14-21(17-6-9-30-15-17)27-7-10-29-11-8-27/h2-5,12,17,21,25H,6-11,14-15H2,1H3/t17-,21-/m0/s1. The topological polar surface area (TPSA) is 74.8 Å². The van der Waals surface area contributed by atoms with Gasteiger partial charge in [0.2, 0.25) is 0 Å². The van der Waals surface area contributed by atoms with Crippen LogP contribution in [0.25, 0.3) is 16.7 Å². The van der Waals surface area contributed by atoms with Gasteiger partial charge in [0.1, 0.15) is 11.9 Å². The number of anilines is 1. The van der Waals surface area contributed by atoms with Gasteiger partial charge in [0.05, 0.1) is 36.4 Å². The van der Waals surface area contributed by atoms with Crippen molar-refractivity contribution in [3.8, 4) is 6.07 Å². The molecule has 2 atom stereocenters. The third-order valence-electron chi connectivity index (χ3n) is 6.40. The lowest BCUT2D eigenvalue weighted by molar-refractivity contribution is 0.00459. The van der Waals surface area contributed by atoms with E-state index in [0.717, 1.165) is 74.9 Å². The fourth-order valence-electron chi connectivity index (χ4n) is 4.79. The molecule has 3 aromatic rings. The van der Waals surface area contributed by atoms with Crippen LogP contribution >= 0.6 is 0 Å². The molecule has 2 aromatic heterocycles. The Morgan fingerprint density at radius 2 is 2.07 bits per heavy atom. The lowest BCUT2D eigenvalue weighted by Gasteiger charge is -2.37. The SMILES string of the molecule is Cc1cc(NC[C@@H]([C@H]2CCOC2)N2CCOCC2)n2c(nc3ccccc32)c1C#N. The highest BCUT2D eigenvalue weighted by Gasteiger charge is 2.31. The minimum absolute atomic E-state index is 0.386. The molecule has 1 N–H and O–H groups in total. The van der Waals surface area contributed by atoms with Gasteiger partial charge < -0.3 is 14.8 Å². The van der Waals surface area contributed by atoms with Gasteiger partial charge in [-0.25, -0.2) is 4.98 Å². The quantitative estimate of drug-likeness (QED) is 0.704. The van der Waals surface area contributed by atoms with Crippen molar-refractivity contribution in [2.24, 2.45) is 5.92 Å². The number of hydrogen-bond acceptors (Lipinski definition) is 6. The minimum atomic E-state index is 0.386. The van der Waals surface area contributed by atoms with Crippen LogP contribution in [0.15, 0.2) is 30.3 Å². The number of aryl methyl sites for hydroxylation is 1. The Morgan fingerprint density at radius 1 is 1.23 bits per heavy atom. The molecule has 0 amide bonds. The molecular weight excluding hydrogens is 378 g/mol. The molecule has 1 aromatic carbocycles. The molecule has 2 aliphatic rings. The average molecular weight is 406 g/mol. The van der Waals surface area contributed by atoms with Gasteiger partial charge in [-0.2, -0.15) is 5.26 Å². The fraction of sp³-hybridized carbons (Fsp3) is 0.478. The molecule has 156 valence electrons. The number of imidazole rings is 1. The third kappa shape index (κ3) is 3.41. The van der Waals surface area contributed by atoms with Gasteiger partial charge >= 0.3 is 0 Å². The molecule has 2 aliphatic heterocycles. The summed E-state index contributed by atoms with van der Waals surface area (Å²) in [5, 5.41) is 13.4. The zero-order chi connectivity index (χ0) is 20.5. The molecular formula is C23H27N5O2. The van der Waals surface area contributed by atoms with E-state index in [1.807, 2.05) is 25.1 Å². The largest absolute Gasteiger partial charge is 0.381 e. The predicted molar refractivity (Wildman–Crippen MR) is 116 cm³/mol. The molecule has 0 spiro atoms. The normalized spacial score (nSPS) is 21.1. The number of aromatic nitrogens is 2. The van der Waals surface area contributed by atoms with Crippen molar-refractivity contribution in [3.05, 3.63) is 41.5 Å².